The lowest BCUT2D eigenvalue weighted by Gasteiger charge is -2.24. The predicted octanol–water partition coefficient (Wildman–Crippen LogP) is 5.20. The lowest BCUT2D eigenvalue weighted by atomic mass is 9.99. The zero-order chi connectivity index (χ0) is 25.1. The summed E-state index contributed by atoms with van der Waals surface area (Å²) < 4.78 is 10.5. The Kier molecular flexibility index (Phi) is 7.02. The van der Waals surface area contributed by atoms with Gasteiger partial charge in [0.15, 0.2) is 0 Å². The molecule has 1 saturated heterocycles. The number of anilines is 1. The number of carbonyl (C=O) groups is 3. The molecule has 2 aromatic carbocycles. The van der Waals surface area contributed by atoms with Crippen molar-refractivity contribution in [2.24, 2.45) is 5.92 Å². The molecule has 0 aliphatic carbocycles. The molecule has 1 aromatic heterocycles. The Labute approximate surface area is 207 Å². The average molecular weight is 492 g/mol. The second-order valence-corrected chi connectivity index (χ2v) is 9.43. The zero-order valence-corrected chi connectivity index (χ0v) is 20.4. The number of Topliss-reactive ketones (excluding diaryl/α,β-unsaturated/α-hetero) is 1. The van der Waals surface area contributed by atoms with Crippen LogP contribution in [-0.4, -0.2) is 36.5 Å². The van der Waals surface area contributed by atoms with Crippen molar-refractivity contribution in [1.29, 1.82) is 0 Å². The summed E-state index contributed by atoms with van der Waals surface area (Å²) in [5.41, 5.74) is 1.13. The molecule has 1 atom stereocenters. The molecule has 3 aromatic rings. The SMILES string of the molecule is COc1cccc(/C(O)=C2/C(=O)C(=O)N(c3ccc(C(=O)OCC(C)C)cc3)C2c2cccs2)c1. The molecule has 0 bridgehead atoms. The first-order valence-corrected chi connectivity index (χ1v) is 12.0. The Morgan fingerprint density at radius 2 is 1.80 bits per heavy atom. The van der Waals surface area contributed by atoms with E-state index in [1.807, 2.05) is 31.4 Å². The summed E-state index contributed by atoms with van der Waals surface area (Å²) in [6.45, 7) is 4.20. The second kappa shape index (κ2) is 10.1. The molecule has 2 heterocycles. The van der Waals surface area contributed by atoms with Crippen LogP contribution in [-0.2, 0) is 14.3 Å². The van der Waals surface area contributed by atoms with Crippen LogP contribution in [0.4, 0.5) is 5.69 Å². The molecular weight excluding hydrogens is 466 g/mol. The number of nitrogens with zero attached hydrogens (tertiary/aromatic N) is 1. The Morgan fingerprint density at radius 3 is 2.43 bits per heavy atom. The van der Waals surface area contributed by atoms with Gasteiger partial charge in [0.1, 0.15) is 17.6 Å². The minimum absolute atomic E-state index is 0.00822. The van der Waals surface area contributed by atoms with Crippen LogP contribution >= 0.6 is 11.3 Å². The summed E-state index contributed by atoms with van der Waals surface area (Å²) in [7, 11) is 1.51. The van der Waals surface area contributed by atoms with Crippen LogP contribution in [0, 0.1) is 5.92 Å². The summed E-state index contributed by atoms with van der Waals surface area (Å²) >= 11 is 1.37. The van der Waals surface area contributed by atoms with E-state index in [1.54, 1.807) is 48.5 Å². The van der Waals surface area contributed by atoms with Gasteiger partial charge in [0, 0.05) is 16.1 Å². The van der Waals surface area contributed by atoms with Gasteiger partial charge in [-0.25, -0.2) is 4.79 Å². The number of rotatable bonds is 7. The van der Waals surface area contributed by atoms with E-state index < -0.39 is 23.7 Å². The van der Waals surface area contributed by atoms with Crippen molar-refractivity contribution in [3.05, 3.63) is 87.6 Å². The smallest absolute Gasteiger partial charge is 0.338 e. The molecule has 7 nitrogen and oxygen atoms in total. The highest BCUT2D eigenvalue weighted by atomic mass is 32.1. The molecule has 1 amide bonds. The fourth-order valence-corrected chi connectivity index (χ4v) is 4.65. The fraction of sp³-hybridized carbons (Fsp3) is 0.222. The Morgan fingerprint density at radius 1 is 1.06 bits per heavy atom. The van der Waals surface area contributed by atoms with E-state index in [0.29, 0.717) is 34.0 Å². The van der Waals surface area contributed by atoms with Gasteiger partial charge in [0.05, 0.1) is 24.9 Å². The largest absolute Gasteiger partial charge is 0.507 e. The van der Waals surface area contributed by atoms with Crippen LogP contribution in [0.5, 0.6) is 5.75 Å². The van der Waals surface area contributed by atoms with Crippen LogP contribution < -0.4 is 9.64 Å². The number of amides is 1. The van der Waals surface area contributed by atoms with E-state index in [2.05, 4.69) is 0 Å². The maximum absolute atomic E-state index is 13.2. The number of carbonyl (C=O) groups excluding carboxylic acids is 3. The van der Waals surface area contributed by atoms with Crippen molar-refractivity contribution < 1.29 is 29.0 Å². The quantitative estimate of drug-likeness (QED) is 0.211. The van der Waals surface area contributed by atoms with E-state index in [-0.39, 0.29) is 17.3 Å². The van der Waals surface area contributed by atoms with Crippen molar-refractivity contribution in [3.8, 4) is 5.75 Å². The molecule has 1 aliphatic rings. The van der Waals surface area contributed by atoms with Crippen molar-refractivity contribution in [2.75, 3.05) is 18.6 Å². The third-order valence-electron chi connectivity index (χ3n) is 5.53. The number of ether oxygens (including phenoxy) is 2. The van der Waals surface area contributed by atoms with Gasteiger partial charge in [0.25, 0.3) is 11.7 Å². The van der Waals surface area contributed by atoms with E-state index in [9.17, 15) is 19.5 Å². The van der Waals surface area contributed by atoms with E-state index in [4.69, 9.17) is 9.47 Å². The number of benzene rings is 2. The van der Waals surface area contributed by atoms with Crippen LogP contribution in [0.25, 0.3) is 5.76 Å². The maximum atomic E-state index is 13.2. The van der Waals surface area contributed by atoms with Gasteiger partial charge in [0.2, 0.25) is 0 Å². The first-order valence-electron chi connectivity index (χ1n) is 11.1. The Balaban J connectivity index is 1.76. The summed E-state index contributed by atoms with van der Waals surface area (Å²) in [5.74, 6) is -1.57. The van der Waals surface area contributed by atoms with Crippen molar-refractivity contribution in [3.63, 3.8) is 0 Å². The third kappa shape index (κ3) is 4.83. The molecule has 4 rings (SSSR count). The van der Waals surface area contributed by atoms with Crippen molar-refractivity contribution in [2.45, 2.75) is 19.9 Å². The molecule has 0 saturated carbocycles. The maximum Gasteiger partial charge on any atom is 0.338 e. The van der Waals surface area contributed by atoms with Gasteiger partial charge in [-0.05, 0) is 53.8 Å². The number of methoxy groups -OCH3 is 1. The van der Waals surface area contributed by atoms with Gasteiger partial charge >= 0.3 is 5.97 Å². The normalized spacial score (nSPS) is 17.1. The van der Waals surface area contributed by atoms with Gasteiger partial charge in [-0.2, -0.15) is 0 Å². The van der Waals surface area contributed by atoms with Gasteiger partial charge < -0.3 is 14.6 Å². The minimum Gasteiger partial charge on any atom is -0.507 e. The molecule has 8 heteroatoms. The monoisotopic (exact) mass is 491 g/mol. The number of thiophene rings is 1. The molecule has 1 fully saturated rings. The molecule has 1 unspecified atom stereocenters. The summed E-state index contributed by atoms with van der Waals surface area (Å²) in [6.07, 6.45) is 0. The highest BCUT2D eigenvalue weighted by molar-refractivity contribution is 7.10. The van der Waals surface area contributed by atoms with Crippen LogP contribution in [0.15, 0.2) is 71.6 Å². The van der Waals surface area contributed by atoms with Crippen molar-refractivity contribution >= 4 is 40.4 Å². The van der Waals surface area contributed by atoms with Gasteiger partial charge in [-0.3, -0.25) is 14.5 Å². The number of aliphatic hydroxyl groups excluding tert-OH is 1. The van der Waals surface area contributed by atoms with Crippen LogP contribution in [0.3, 0.4) is 0 Å². The Bertz CT molecular complexity index is 1280. The first kappa shape index (κ1) is 24.2. The summed E-state index contributed by atoms with van der Waals surface area (Å²) in [4.78, 5) is 40.7. The summed E-state index contributed by atoms with van der Waals surface area (Å²) in [5, 5.41) is 13.0. The molecule has 0 spiro atoms. The molecule has 1 N–H and O–H groups in total. The van der Waals surface area contributed by atoms with E-state index in [0.717, 1.165) is 0 Å². The molecule has 1 aliphatic heterocycles. The Hall–Kier alpha value is -3.91. The van der Waals surface area contributed by atoms with Crippen LogP contribution in [0.1, 0.15) is 40.7 Å². The number of esters is 1. The number of aliphatic hydroxyl groups is 1. The minimum atomic E-state index is -0.819. The lowest BCUT2D eigenvalue weighted by Crippen LogP contribution is -2.29. The highest BCUT2D eigenvalue weighted by Crippen LogP contribution is 2.43. The fourth-order valence-electron chi connectivity index (χ4n) is 3.82. The molecule has 0 radical (unpaired) electrons. The first-order chi connectivity index (χ1) is 16.8. The molecule has 180 valence electrons. The molecule has 35 heavy (non-hydrogen) atoms. The van der Waals surface area contributed by atoms with E-state index >= 15 is 0 Å². The van der Waals surface area contributed by atoms with Gasteiger partial charge in [-0.15, -0.1) is 11.3 Å². The van der Waals surface area contributed by atoms with Gasteiger partial charge in [-0.1, -0.05) is 32.0 Å². The van der Waals surface area contributed by atoms with Crippen molar-refractivity contribution in [1.82, 2.24) is 0 Å². The average Bonchev–Trinajstić information content (AvgIpc) is 3.49. The molecular formula is C27H25NO6S. The highest BCUT2D eigenvalue weighted by Gasteiger charge is 2.47. The number of ketones is 1. The topological polar surface area (TPSA) is 93.1 Å². The predicted molar refractivity (Wildman–Crippen MR) is 134 cm³/mol. The lowest BCUT2D eigenvalue weighted by molar-refractivity contribution is -0.132. The summed E-state index contributed by atoms with van der Waals surface area (Å²) in [6, 6.07) is 15.8. The number of hydrogen-bond donors (Lipinski definition) is 1. The van der Waals surface area contributed by atoms with Crippen LogP contribution in [0.2, 0.25) is 0 Å². The van der Waals surface area contributed by atoms with E-state index in [1.165, 1.54) is 23.3 Å². The zero-order valence-electron chi connectivity index (χ0n) is 19.6. The third-order valence-corrected chi connectivity index (χ3v) is 6.45. The number of hydrogen-bond acceptors (Lipinski definition) is 7. The standard InChI is InChI=1S/C27H25NO6S/c1-16(2)15-34-27(32)17-9-11-19(12-10-17)28-23(21-8-5-13-35-21)22(25(30)26(28)31)24(29)18-6-4-7-20(14-18)33-3/h4-14,16,23,29H,15H2,1-3H3/b24-22-. The second-order valence-electron chi connectivity index (χ2n) is 8.46.